The molecule has 8 heteroatoms. The number of hydrogen-bond acceptors (Lipinski definition) is 5. The molecule has 1 atom stereocenters. The van der Waals surface area contributed by atoms with Crippen molar-refractivity contribution in [3.8, 4) is 11.5 Å². The third kappa shape index (κ3) is 2.70. The first-order valence-electron chi connectivity index (χ1n) is 9.06. The molecule has 0 bridgehead atoms. The van der Waals surface area contributed by atoms with Gasteiger partial charge in [-0.2, -0.15) is 5.10 Å². The molecule has 2 N–H and O–H groups in total. The molecule has 0 unspecified atom stereocenters. The third-order valence-electron chi connectivity index (χ3n) is 5.01. The topological polar surface area (TPSA) is 104 Å². The Labute approximate surface area is 160 Å². The summed E-state index contributed by atoms with van der Waals surface area (Å²) >= 11 is 0. The molecule has 1 aliphatic heterocycles. The average Bonchev–Trinajstić information content (AvgIpc) is 3.47. The normalized spacial score (nSPS) is 16.2. The second-order valence-corrected chi connectivity index (χ2v) is 6.78. The van der Waals surface area contributed by atoms with Gasteiger partial charge in [0.1, 0.15) is 17.5 Å². The summed E-state index contributed by atoms with van der Waals surface area (Å²) in [6.45, 7) is 2.45. The summed E-state index contributed by atoms with van der Waals surface area (Å²) in [5.74, 6) is 1.31. The first-order valence-corrected chi connectivity index (χ1v) is 9.06. The number of aromatic nitrogens is 5. The number of pyridine rings is 1. The van der Waals surface area contributed by atoms with Crippen molar-refractivity contribution in [1.29, 1.82) is 0 Å². The number of nitrogens with one attached hydrogen (secondary N) is 2. The molecule has 0 saturated carbocycles. The van der Waals surface area contributed by atoms with Crippen LogP contribution >= 0.6 is 0 Å². The fourth-order valence-corrected chi connectivity index (χ4v) is 3.66. The molecule has 1 aliphatic rings. The van der Waals surface area contributed by atoms with E-state index in [1.54, 1.807) is 24.8 Å². The molecule has 0 aliphatic carbocycles. The van der Waals surface area contributed by atoms with Gasteiger partial charge in [-0.05, 0) is 36.8 Å². The predicted octanol–water partition coefficient (Wildman–Crippen LogP) is 2.88. The maximum atomic E-state index is 13.3. The van der Waals surface area contributed by atoms with E-state index in [4.69, 9.17) is 4.42 Å². The zero-order valence-corrected chi connectivity index (χ0v) is 15.2. The van der Waals surface area contributed by atoms with Crippen molar-refractivity contribution >= 4 is 5.91 Å². The van der Waals surface area contributed by atoms with E-state index in [1.165, 1.54) is 0 Å². The van der Waals surface area contributed by atoms with Crippen LogP contribution in [0, 0.1) is 6.92 Å². The number of furan rings is 1. The van der Waals surface area contributed by atoms with Gasteiger partial charge >= 0.3 is 0 Å². The fourth-order valence-electron chi connectivity index (χ4n) is 3.66. The molecule has 5 heterocycles. The summed E-state index contributed by atoms with van der Waals surface area (Å²) in [6, 6.07) is 9.00. The molecule has 5 rings (SSSR count). The molecular weight excluding hydrogens is 356 g/mol. The zero-order valence-electron chi connectivity index (χ0n) is 15.2. The lowest BCUT2D eigenvalue weighted by Gasteiger charge is -2.34. The molecule has 0 spiro atoms. The number of aryl methyl sites for hydroxylation is 1. The van der Waals surface area contributed by atoms with Crippen molar-refractivity contribution in [2.24, 2.45) is 0 Å². The molecule has 8 nitrogen and oxygen atoms in total. The van der Waals surface area contributed by atoms with E-state index in [0.29, 0.717) is 23.7 Å². The van der Waals surface area contributed by atoms with E-state index in [2.05, 4.69) is 25.1 Å². The van der Waals surface area contributed by atoms with Gasteiger partial charge in [-0.15, -0.1) is 0 Å². The number of amides is 1. The minimum atomic E-state index is -0.281. The highest BCUT2D eigenvalue weighted by molar-refractivity contribution is 5.94. The van der Waals surface area contributed by atoms with Gasteiger partial charge in [0.05, 0.1) is 12.0 Å². The van der Waals surface area contributed by atoms with Gasteiger partial charge in [-0.3, -0.25) is 14.9 Å². The highest BCUT2D eigenvalue weighted by Crippen LogP contribution is 2.34. The van der Waals surface area contributed by atoms with Gasteiger partial charge in [0.25, 0.3) is 5.91 Å². The molecule has 4 aromatic rings. The van der Waals surface area contributed by atoms with Crippen LogP contribution in [0.3, 0.4) is 0 Å². The average molecular weight is 374 g/mol. The number of H-pyrrole nitrogens is 2. The number of rotatable bonds is 3. The Morgan fingerprint density at radius 2 is 2.11 bits per heavy atom. The van der Waals surface area contributed by atoms with Gasteiger partial charge in [-0.1, -0.05) is 0 Å². The summed E-state index contributed by atoms with van der Waals surface area (Å²) in [4.78, 5) is 26.9. The Hall–Kier alpha value is -3.68. The van der Waals surface area contributed by atoms with Gasteiger partial charge in [0.2, 0.25) is 0 Å². The Balaban J connectivity index is 1.51. The van der Waals surface area contributed by atoms with Crippen molar-refractivity contribution in [1.82, 2.24) is 30.0 Å². The number of imidazole rings is 1. The maximum Gasteiger partial charge on any atom is 0.275 e. The zero-order chi connectivity index (χ0) is 19.1. The highest BCUT2D eigenvalue weighted by atomic mass is 16.3. The van der Waals surface area contributed by atoms with E-state index in [1.807, 2.05) is 36.1 Å². The van der Waals surface area contributed by atoms with E-state index >= 15 is 0 Å². The molecule has 140 valence electrons. The van der Waals surface area contributed by atoms with Crippen LogP contribution in [-0.4, -0.2) is 42.5 Å². The molecular formula is C20H18N6O2. The van der Waals surface area contributed by atoms with Gasteiger partial charge in [0.15, 0.2) is 11.5 Å². The van der Waals surface area contributed by atoms with E-state index in [-0.39, 0.29) is 11.9 Å². The Kier molecular flexibility index (Phi) is 3.82. The van der Waals surface area contributed by atoms with Crippen LogP contribution in [0.15, 0.2) is 53.5 Å². The van der Waals surface area contributed by atoms with Crippen molar-refractivity contribution in [2.75, 3.05) is 6.54 Å². The molecule has 4 aromatic heterocycles. The van der Waals surface area contributed by atoms with Crippen LogP contribution in [0.5, 0.6) is 0 Å². The summed E-state index contributed by atoms with van der Waals surface area (Å²) < 4.78 is 5.62. The summed E-state index contributed by atoms with van der Waals surface area (Å²) in [6.07, 6.45) is 5.85. The summed E-state index contributed by atoms with van der Waals surface area (Å²) in [7, 11) is 0. The lowest BCUT2D eigenvalue weighted by Crippen LogP contribution is -2.41. The monoisotopic (exact) mass is 374 g/mol. The lowest BCUT2D eigenvalue weighted by atomic mass is 9.96. The molecule has 0 radical (unpaired) electrons. The van der Waals surface area contributed by atoms with E-state index < -0.39 is 0 Å². The Bertz CT molecular complexity index is 1130. The van der Waals surface area contributed by atoms with Crippen molar-refractivity contribution in [3.63, 3.8) is 0 Å². The number of carbonyl (C=O) groups is 1. The second-order valence-electron chi connectivity index (χ2n) is 6.78. The van der Waals surface area contributed by atoms with Crippen LogP contribution in [-0.2, 0) is 6.42 Å². The first-order chi connectivity index (χ1) is 13.7. The van der Waals surface area contributed by atoms with Crippen LogP contribution in [0.1, 0.15) is 39.2 Å². The Morgan fingerprint density at radius 3 is 2.89 bits per heavy atom. The smallest absolute Gasteiger partial charge is 0.275 e. The standard InChI is InChI=1S/C20H18N6O2/c1-12-2-3-17(28-12)15-10-16(25-24-15)20(27)26-9-6-14-18(23-11-22-14)19(26)13-4-7-21-8-5-13/h2-5,7-8,10-11,19H,6,9H2,1H3,(H,22,23)(H,24,25)/t19-/m0/s1. The van der Waals surface area contributed by atoms with Gasteiger partial charge in [-0.25, -0.2) is 4.98 Å². The van der Waals surface area contributed by atoms with Crippen molar-refractivity contribution < 1.29 is 9.21 Å². The largest absolute Gasteiger partial charge is 0.460 e. The number of fused-ring (bicyclic) bond motifs is 1. The SMILES string of the molecule is Cc1ccc(-c2cc(C(=O)N3CCc4[nH]cnc4[C@@H]3c3ccncc3)n[nH]2)o1. The van der Waals surface area contributed by atoms with Crippen molar-refractivity contribution in [3.05, 3.63) is 77.5 Å². The number of hydrogen-bond donors (Lipinski definition) is 2. The quantitative estimate of drug-likeness (QED) is 0.574. The van der Waals surface area contributed by atoms with E-state index in [9.17, 15) is 4.79 Å². The van der Waals surface area contributed by atoms with Crippen molar-refractivity contribution in [2.45, 2.75) is 19.4 Å². The fraction of sp³-hybridized carbons (Fsp3) is 0.200. The summed E-state index contributed by atoms with van der Waals surface area (Å²) in [5.41, 5.74) is 3.91. The highest BCUT2D eigenvalue weighted by Gasteiger charge is 2.35. The number of nitrogens with zero attached hydrogens (tertiary/aromatic N) is 4. The molecule has 0 aromatic carbocycles. The van der Waals surface area contributed by atoms with Gasteiger partial charge < -0.3 is 14.3 Å². The van der Waals surface area contributed by atoms with Crippen LogP contribution in [0.2, 0.25) is 0 Å². The molecule has 0 saturated heterocycles. The van der Waals surface area contributed by atoms with Crippen LogP contribution in [0.4, 0.5) is 0 Å². The minimum absolute atomic E-state index is 0.152. The lowest BCUT2D eigenvalue weighted by molar-refractivity contribution is 0.0684. The van der Waals surface area contributed by atoms with Gasteiger partial charge in [0, 0.05) is 37.1 Å². The first kappa shape index (κ1) is 16.5. The minimum Gasteiger partial charge on any atom is -0.460 e. The van der Waals surface area contributed by atoms with Crippen LogP contribution < -0.4 is 0 Å². The predicted molar refractivity (Wildman–Crippen MR) is 100 cm³/mol. The third-order valence-corrected chi connectivity index (χ3v) is 5.01. The number of aromatic amines is 2. The van der Waals surface area contributed by atoms with Crippen LogP contribution in [0.25, 0.3) is 11.5 Å². The number of carbonyl (C=O) groups excluding carboxylic acids is 1. The van der Waals surface area contributed by atoms with E-state index in [0.717, 1.165) is 29.1 Å². The Morgan fingerprint density at radius 1 is 1.25 bits per heavy atom. The summed E-state index contributed by atoms with van der Waals surface area (Å²) in [5, 5.41) is 7.13. The molecule has 1 amide bonds. The molecule has 0 fully saturated rings. The molecule has 28 heavy (non-hydrogen) atoms. The maximum absolute atomic E-state index is 13.3. The second kappa shape index (κ2) is 6.49.